The Morgan fingerprint density at radius 3 is 2.68 bits per heavy atom. The van der Waals surface area contributed by atoms with Crippen LogP contribution in [-0.2, 0) is 16.1 Å². The Balaban J connectivity index is 1.92. The van der Waals surface area contributed by atoms with Gasteiger partial charge in [-0.2, -0.15) is 0 Å². The fourth-order valence-corrected chi connectivity index (χ4v) is 3.88. The molecular formula is C15H21NO2Si. The zero-order valence-electron chi connectivity index (χ0n) is 11.6. The molecule has 2 radical (unpaired) electrons. The zero-order valence-corrected chi connectivity index (χ0v) is 12.6. The molecular weight excluding hydrogens is 254 g/mol. The number of ether oxygens (including phenoxy) is 1. The van der Waals surface area contributed by atoms with E-state index >= 15 is 0 Å². The second kappa shape index (κ2) is 6.87. The number of nitrogens with zero attached hydrogens (tertiary/aromatic N) is 1. The summed E-state index contributed by atoms with van der Waals surface area (Å²) in [7, 11) is 0.769. The lowest BCUT2D eigenvalue weighted by Crippen LogP contribution is -2.45. The molecule has 102 valence electrons. The molecule has 1 aliphatic heterocycles. The summed E-state index contributed by atoms with van der Waals surface area (Å²) in [5.74, 6) is 0.224. The van der Waals surface area contributed by atoms with Gasteiger partial charge in [-0.15, -0.1) is 0 Å². The topological polar surface area (TPSA) is 29.5 Å². The van der Waals surface area contributed by atoms with Crippen LogP contribution < -0.4 is 0 Å². The predicted octanol–water partition coefficient (Wildman–Crippen LogP) is 2.50. The van der Waals surface area contributed by atoms with Gasteiger partial charge in [0.1, 0.15) is 22.3 Å². The van der Waals surface area contributed by atoms with E-state index in [0.29, 0.717) is 12.5 Å². The Bertz CT molecular complexity index is 402. The first-order valence-electron chi connectivity index (χ1n) is 6.89. The number of hydrogen-bond donors (Lipinski definition) is 0. The van der Waals surface area contributed by atoms with E-state index in [1.54, 1.807) is 0 Å². The van der Waals surface area contributed by atoms with Crippen LogP contribution in [0.1, 0.15) is 25.8 Å². The number of carbonyl (C=O) groups is 1. The Morgan fingerprint density at radius 2 is 2.11 bits per heavy atom. The van der Waals surface area contributed by atoms with Crippen molar-refractivity contribution in [2.75, 3.05) is 6.54 Å². The molecule has 0 aliphatic carbocycles. The molecule has 1 fully saturated rings. The van der Waals surface area contributed by atoms with Crippen LogP contribution in [0.5, 0.6) is 0 Å². The van der Waals surface area contributed by atoms with Crippen molar-refractivity contribution in [3.63, 3.8) is 0 Å². The second-order valence-electron chi connectivity index (χ2n) is 5.24. The quantitative estimate of drug-likeness (QED) is 0.611. The Kier molecular flexibility index (Phi) is 5.16. The van der Waals surface area contributed by atoms with Gasteiger partial charge in [0.2, 0.25) is 0 Å². The molecule has 3 nitrogen and oxygen atoms in total. The first-order valence-corrected chi connectivity index (χ1v) is 8.04. The summed E-state index contributed by atoms with van der Waals surface area (Å²) in [6.45, 7) is 5.59. The molecule has 0 bridgehead atoms. The van der Waals surface area contributed by atoms with Crippen molar-refractivity contribution < 1.29 is 9.53 Å². The third-order valence-electron chi connectivity index (χ3n) is 3.32. The van der Waals surface area contributed by atoms with E-state index in [-0.39, 0.29) is 12.0 Å². The number of hydrogen-bond acceptors (Lipinski definition) is 3. The third-order valence-corrected chi connectivity index (χ3v) is 4.81. The summed E-state index contributed by atoms with van der Waals surface area (Å²) < 4.78 is 7.78. The van der Waals surface area contributed by atoms with Gasteiger partial charge in [-0.05, 0) is 30.5 Å². The Morgan fingerprint density at radius 1 is 1.37 bits per heavy atom. The van der Waals surface area contributed by atoms with Gasteiger partial charge >= 0.3 is 5.97 Å². The van der Waals surface area contributed by atoms with Crippen molar-refractivity contribution in [2.24, 2.45) is 5.92 Å². The highest BCUT2D eigenvalue weighted by molar-refractivity contribution is 6.33. The molecule has 1 saturated heterocycles. The van der Waals surface area contributed by atoms with Gasteiger partial charge in [0.25, 0.3) is 0 Å². The Labute approximate surface area is 117 Å². The molecule has 2 rings (SSSR count). The summed E-state index contributed by atoms with van der Waals surface area (Å²) in [5, 5.41) is 0. The maximum Gasteiger partial charge on any atom is 0.323 e. The normalized spacial score (nSPS) is 17.6. The van der Waals surface area contributed by atoms with Crippen LogP contribution >= 0.6 is 0 Å². The van der Waals surface area contributed by atoms with Gasteiger partial charge in [0.15, 0.2) is 0 Å². The van der Waals surface area contributed by atoms with Gasteiger partial charge < -0.3 is 9.30 Å². The number of esters is 1. The average molecular weight is 275 g/mol. The lowest BCUT2D eigenvalue weighted by Gasteiger charge is -2.28. The predicted molar refractivity (Wildman–Crippen MR) is 76.7 cm³/mol. The fourth-order valence-electron chi connectivity index (χ4n) is 2.36. The zero-order chi connectivity index (χ0) is 13.7. The van der Waals surface area contributed by atoms with Crippen LogP contribution in [0.4, 0.5) is 0 Å². The van der Waals surface area contributed by atoms with E-state index in [0.717, 1.165) is 21.8 Å². The van der Waals surface area contributed by atoms with E-state index in [9.17, 15) is 4.79 Å². The molecule has 19 heavy (non-hydrogen) atoms. The standard InChI is InChI=1S/C15H21NO2Si/c1-12(2)14(16-9-6-10-19-16)15(17)18-11-13-7-4-3-5-8-13/h3-5,7-8,12,14H,6,9-11H2,1-2H3. The van der Waals surface area contributed by atoms with E-state index in [2.05, 4.69) is 18.4 Å². The number of benzene rings is 1. The van der Waals surface area contributed by atoms with Crippen molar-refractivity contribution in [1.82, 2.24) is 4.57 Å². The van der Waals surface area contributed by atoms with Gasteiger partial charge in [-0.1, -0.05) is 44.2 Å². The molecule has 1 aromatic rings. The maximum absolute atomic E-state index is 12.3. The van der Waals surface area contributed by atoms with Crippen LogP contribution in [0.3, 0.4) is 0 Å². The molecule has 1 unspecified atom stereocenters. The average Bonchev–Trinajstić information content (AvgIpc) is 2.91. The van der Waals surface area contributed by atoms with Crippen molar-refractivity contribution in [2.45, 2.75) is 39.0 Å². The Hall–Kier alpha value is -1.13. The summed E-state index contributed by atoms with van der Waals surface area (Å²) in [4.78, 5) is 12.3. The van der Waals surface area contributed by atoms with E-state index in [4.69, 9.17) is 4.74 Å². The van der Waals surface area contributed by atoms with Gasteiger partial charge in [-0.25, -0.2) is 0 Å². The van der Waals surface area contributed by atoms with E-state index in [1.165, 1.54) is 12.5 Å². The molecule has 0 N–H and O–H groups in total. The first kappa shape index (κ1) is 14.3. The highest BCUT2D eigenvalue weighted by atomic mass is 28.2. The van der Waals surface area contributed by atoms with Crippen LogP contribution in [-0.4, -0.2) is 32.8 Å². The minimum Gasteiger partial charge on any atom is -0.460 e. The first-order chi connectivity index (χ1) is 9.18. The summed E-state index contributed by atoms with van der Waals surface area (Å²) in [6.07, 6.45) is 1.20. The van der Waals surface area contributed by atoms with Crippen LogP contribution in [0.2, 0.25) is 6.04 Å². The van der Waals surface area contributed by atoms with Gasteiger partial charge in [-0.3, -0.25) is 4.79 Å². The minimum absolute atomic E-state index is 0.0757. The molecule has 0 saturated carbocycles. The molecule has 0 aromatic heterocycles. The van der Waals surface area contributed by atoms with Crippen molar-refractivity contribution in [3.05, 3.63) is 35.9 Å². The SMILES string of the molecule is CC(C)C(C(=O)OCc1ccccc1)N1CCC[Si]1. The molecule has 1 aromatic carbocycles. The van der Waals surface area contributed by atoms with Gasteiger partial charge in [0, 0.05) is 0 Å². The highest BCUT2D eigenvalue weighted by Gasteiger charge is 2.32. The molecule has 1 heterocycles. The minimum atomic E-state index is -0.0791. The smallest absolute Gasteiger partial charge is 0.323 e. The monoisotopic (exact) mass is 275 g/mol. The summed E-state index contributed by atoms with van der Waals surface area (Å²) in [5.41, 5.74) is 1.04. The molecule has 1 atom stereocenters. The summed E-state index contributed by atoms with van der Waals surface area (Å²) >= 11 is 0. The lowest BCUT2D eigenvalue weighted by molar-refractivity contribution is -0.151. The van der Waals surface area contributed by atoms with E-state index in [1.807, 2.05) is 30.3 Å². The van der Waals surface area contributed by atoms with Crippen molar-refractivity contribution >= 4 is 15.7 Å². The van der Waals surface area contributed by atoms with E-state index < -0.39 is 0 Å². The largest absolute Gasteiger partial charge is 0.460 e. The molecule has 0 spiro atoms. The number of carbonyl (C=O) groups excluding carboxylic acids is 1. The maximum atomic E-state index is 12.3. The van der Waals surface area contributed by atoms with Crippen LogP contribution in [0.15, 0.2) is 30.3 Å². The second-order valence-corrected chi connectivity index (χ2v) is 6.63. The number of rotatable bonds is 5. The van der Waals surface area contributed by atoms with Crippen molar-refractivity contribution in [1.29, 1.82) is 0 Å². The fraction of sp³-hybridized carbons (Fsp3) is 0.533. The lowest BCUT2D eigenvalue weighted by atomic mass is 10.0. The molecule has 1 aliphatic rings. The van der Waals surface area contributed by atoms with Crippen molar-refractivity contribution in [3.8, 4) is 0 Å². The van der Waals surface area contributed by atoms with Crippen LogP contribution in [0, 0.1) is 5.92 Å². The molecule has 0 amide bonds. The van der Waals surface area contributed by atoms with Crippen LogP contribution in [0.25, 0.3) is 0 Å². The highest BCUT2D eigenvalue weighted by Crippen LogP contribution is 2.18. The summed E-state index contributed by atoms with van der Waals surface area (Å²) in [6, 6.07) is 11.0. The molecule has 4 heteroatoms. The van der Waals surface area contributed by atoms with Gasteiger partial charge in [0.05, 0.1) is 0 Å². The third kappa shape index (κ3) is 3.91.